The molecule has 0 spiro atoms. The maximum atomic E-state index is 14.5. The van der Waals surface area contributed by atoms with Crippen molar-refractivity contribution in [1.29, 1.82) is 0 Å². The summed E-state index contributed by atoms with van der Waals surface area (Å²) in [5.74, 6) is 3.01. The molecule has 3 aliphatic carbocycles. The van der Waals surface area contributed by atoms with Crippen molar-refractivity contribution in [2.24, 2.45) is 29.6 Å². The number of aromatic nitrogens is 2. The molecule has 3 saturated carbocycles. The second-order valence-corrected chi connectivity index (χ2v) is 13.3. The SMILES string of the molecule is CCn1cc(CN(C(=O)[C@H]2CCCC3C(OCC4CCCCC4)CCCC32)C2CCC(C(C)C)NC2)cn1. The molecule has 38 heavy (non-hydrogen) atoms. The largest absolute Gasteiger partial charge is 0.378 e. The molecule has 1 amide bonds. The smallest absolute Gasteiger partial charge is 0.226 e. The highest BCUT2D eigenvalue weighted by atomic mass is 16.5. The molecule has 2 heterocycles. The lowest BCUT2D eigenvalue weighted by Gasteiger charge is -2.47. The Morgan fingerprint density at radius 2 is 1.82 bits per heavy atom. The molecule has 6 atom stereocenters. The van der Waals surface area contributed by atoms with Gasteiger partial charge in [0.1, 0.15) is 0 Å². The van der Waals surface area contributed by atoms with Crippen LogP contribution in [0.15, 0.2) is 12.4 Å². The summed E-state index contributed by atoms with van der Waals surface area (Å²) in [6, 6.07) is 0.829. The zero-order chi connectivity index (χ0) is 26.5. The van der Waals surface area contributed by atoms with Crippen molar-refractivity contribution < 1.29 is 9.53 Å². The van der Waals surface area contributed by atoms with Gasteiger partial charge in [0.05, 0.1) is 12.3 Å². The summed E-state index contributed by atoms with van der Waals surface area (Å²) in [5.41, 5.74) is 1.16. The Balaban J connectivity index is 1.28. The first-order valence-electron chi connectivity index (χ1n) is 16.2. The van der Waals surface area contributed by atoms with Gasteiger partial charge >= 0.3 is 0 Å². The molecule has 5 rings (SSSR count). The topological polar surface area (TPSA) is 59.4 Å². The van der Waals surface area contributed by atoms with Crippen LogP contribution in [-0.4, -0.2) is 51.9 Å². The van der Waals surface area contributed by atoms with Crippen molar-refractivity contribution in [3.63, 3.8) is 0 Å². The van der Waals surface area contributed by atoms with Gasteiger partial charge in [-0.2, -0.15) is 5.10 Å². The summed E-state index contributed by atoms with van der Waals surface area (Å²) in [7, 11) is 0. The van der Waals surface area contributed by atoms with Crippen molar-refractivity contribution in [3.8, 4) is 0 Å². The Labute approximate surface area is 231 Å². The molecule has 1 aliphatic heterocycles. The Hall–Kier alpha value is -1.40. The van der Waals surface area contributed by atoms with Crippen molar-refractivity contribution in [1.82, 2.24) is 20.0 Å². The zero-order valence-corrected chi connectivity index (χ0v) is 24.5. The second-order valence-electron chi connectivity index (χ2n) is 13.3. The summed E-state index contributed by atoms with van der Waals surface area (Å²) in [4.78, 5) is 16.8. The molecule has 5 unspecified atom stereocenters. The van der Waals surface area contributed by atoms with Crippen molar-refractivity contribution in [2.75, 3.05) is 13.2 Å². The van der Waals surface area contributed by atoms with Crippen molar-refractivity contribution >= 4 is 5.91 Å². The number of nitrogens with zero attached hydrogens (tertiary/aromatic N) is 3. The first-order chi connectivity index (χ1) is 18.5. The van der Waals surface area contributed by atoms with Gasteiger partial charge in [-0.15, -0.1) is 0 Å². The van der Waals surface area contributed by atoms with Crippen LogP contribution in [0, 0.1) is 29.6 Å². The van der Waals surface area contributed by atoms with Crippen molar-refractivity contribution in [2.45, 2.75) is 136 Å². The fraction of sp³-hybridized carbons (Fsp3) is 0.875. The van der Waals surface area contributed by atoms with Crippen LogP contribution in [-0.2, 0) is 22.6 Å². The van der Waals surface area contributed by atoms with Gasteiger partial charge in [0.25, 0.3) is 0 Å². The lowest BCUT2D eigenvalue weighted by Crippen LogP contribution is -2.55. The molecule has 6 heteroatoms. The normalized spacial score (nSPS) is 32.7. The summed E-state index contributed by atoms with van der Waals surface area (Å²) in [5, 5.41) is 8.31. The van der Waals surface area contributed by atoms with E-state index in [0.29, 0.717) is 42.4 Å². The number of carbonyl (C=O) groups is 1. The number of nitrogens with one attached hydrogen (secondary N) is 1. The second kappa shape index (κ2) is 13.3. The Kier molecular flexibility index (Phi) is 9.85. The minimum atomic E-state index is 0.152. The molecular weight excluding hydrogens is 472 g/mol. The third-order valence-corrected chi connectivity index (χ3v) is 10.5. The predicted molar refractivity (Wildman–Crippen MR) is 153 cm³/mol. The van der Waals surface area contributed by atoms with Crippen LogP contribution in [0.5, 0.6) is 0 Å². The predicted octanol–water partition coefficient (Wildman–Crippen LogP) is 6.19. The molecule has 1 aromatic heterocycles. The monoisotopic (exact) mass is 526 g/mol. The van der Waals surface area contributed by atoms with E-state index in [1.54, 1.807) is 0 Å². The van der Waals surface area contributed by atoms with E-state index < -0.39 is 0 Å². The van der Waals surface area contributed by atoms with E-state index in [1.165, 1.54) is 64.2 Å². The van der Waals surface area contributed by atoms with E-state index >= 15 is 0 Å². The third kappa shape index (κ3) is 6.66. The molecule has 6 nitrogen and oxygen atoms in total. The van der Waals surface area contributed by atoms with E-state index in [2.05, 4.69) is 42.3 Å². The van der Waals surface area contributed by atoms with E-state index in [0.717, 1.165) is 50.4 Å². The average molecular weight is 527 g/mol. The summed E-state index contributed by atoms with van der Waals surface area (Å²) >= 11 is 0. The molecule has 214 valence electrons. The first kappa shape index (κ1) is 28.1. The molecule has 4 fully saturated rings. The quantitative estimate of drug-likeness (QED) is 0.417. The Morgan fingerprint density at radius 1 is 1.03 bits per heavy atom. The van der Waals surface area contributed by atoms with Crippen LogP contribution < -0.4 is 5.32 Å². The van der Waals surface area contributed by atoms with E-state index in [-0.39, 0.29) is 12.0 Å². The Morgan fingerprint density at radius 3 is 2.53 bits per heavy atom. The lowest BCUT2D eigenvalue weighted by molar-refractivity contribution is -0.148. The highest BCUT2D eigenvalue weighted by Gasteiger charge is 2.45. The van der Waals surface area contributed by atoms with Gasteiger partial charge in [-0.25, -0.2) is 0 Å². The summed E-state index contributed by atoms with van der Waals surface area (Å²) in [6.07, 6.45) is 20.6. The van der Waals surface area contributed by atoms with Crippen LogP contribution in [0.4, 0.5) is 0 Å². The number of rotatable bonds is 9. The fourth-order valence-corrected chi connectivity index (χ4v) is 8.23. The van der Waals surface area contributed by atoms with Gasteiger partial charge < -0.3 is 15.0 Å². The van der Waals surface area contributed by atoms with Crippen LogP contribution in [0.3, 0.4) is 0 Å². The minimum absolute atomic E-state index is 0.152. The van der Waals surface area contributed by atoms with Crippen LogP contribution >= 0.6 is 0 Å². The minimum Gasteiger partial charge on any atom is -0.378 e. The average Bonchev–Trinajstić information content (AvgIpc) is 3.42. The first-order valence-corrected chi connectivity index (χ1v) is 16.2. The number of piperidine rings is 1. The van der Waals surface area contributed by atoms with Crippen molar-refractivity contribution in [3.05, 3.63) is 18.0 Å². The molecule has 0 bridgehead atoms. The molecule has 0 radical (unpaired) electrons. The van der Waals surface area contributed by atoms with Gasteiger partial charge in [0, 0.05) is 56.0 Å². The van der Waals surface area contributed by atoms with E-state index in [4.69, 9.17) is 4.74 Å². The molecular formula is C32H54N4O2. The van der Waals surface area contributed by atoms with Crippen LogP contribution in [0.1, 0.15) is 110 Å². The van der Waals surface area contributed by atoms with Crippen LogP contribution in [0.2, 0.25) is 0 Å². The third-order valence-electron chi connectivity index (χ3n) is 10.5. The Bertz CT molecular complexity index is 871. The lowest BCUT2D eigenvalue weighted by atomic mass is 9.64. The van der Waals surface area contributed by atoms with E-state index in [1.807, 2.05) is 10.9 Å². The highest BCUT2D eigenvalue weighted by Crippen LogP contribution is 2.46. The van der Waals surface area contributed by atoms with Gasteiger partial charge in [0.2, 0.25) is 5.91 Å². The summed E-state index contributed by atoms with van der Waals surface area (Å²) < 4.78 is 8.68. The number of aryl methyl sites for hydroxylation is 1. The number of fused-ring (bicyclic) bond motifs is 1. The van der Waals surface area contributed by atoms with Gasteiger partial charge in [-0.1, -0.05) is 46.0 Å². The highest BCUT2D eigenvalue weighted by molar-refractivity contribution is 5.79. The fourth-order valence-electron chi connectivity index (χ4n) is 8.23. The zero-order valence-electron chi connectivity index (χ0n) is 24.5. The number of amides is 1. The summed E-state index contributed by atoms with van der Waals surface area (Å²) in [6.45, 7) is 10.1. The maximum Gasteiger partial charge on any atom is 0.226 e. The maximum absolute atomic E-state index is 14.5. The molecule has 1 aromatic rings. The molecule has 1 saturated heterocycles. The molecule has 1 N–H and O–H groups in total. The number of hydrogen-bond acceptors (Lipinski definition) is 4. The standard InChI is InChI=1S/C32H54N4O2/c1-4-35-20-25(18-34-35)21-36(26-16-17-30(23(2)3)33-19-26)32(37)29-14-8-13-28-27(29)12-9-15-31(28)38-22-24-10-6-5-7-11-24/h18,20,23-24,26-31,33H,4-17,19,21-22H2,1-3H3/t26?,27?,28?,29-,30?,31?/m0/s1. The van der Waals surface area contributed by atoms with Crippen LogP contribution in [0.25, 0.3) is 0 Å². The number of carbonyl (C=O) groups excluding carboxylic acids is 1. The van der Waals surface area contributed by atoms with E-state index in [9.17, 15) is 4.79 Å². The van der Waals surface area contributed by atoms with Gasteiger partial charge in [-0.05, 0) is 82.0 Å². The molecule has 0 aromatic carbocycles. The van der Waals surface area contributed by atoms with Gasteiger partial charge in [0.15, 0.2) is 0 Å². The number of ether oxygens (including phenoxy) is 1. The van der Waals surface area contributed by atoms with Gasteiger partial charge in [-0.3, -0.25) is 9.48 Å². The number of hydrogen-bond donors (Lipinski definition) is 1. The molecule has 4 aliphatic rings.